The van der Waals surface area contributed by atoms with E-state index in [0.717, 1.165) is 63.9 Å². The summed E-state index contributed by atoms with van der Waals surface area (Å²) in [6.07, 6.45) is -2.50. The molecule has 1 aromatic heterocycles. The van der Waals surface area contributed by atoms with Crippen LogP contribution in [-0.2, 0) is 17.5 Å². The molecule has 0 spiro atoms. The van der Waals surface area contributed by atoms with Gasteiger partial charge in [-0.2, -0.15) is 18.3 Å². The van der Waals surface area contributed by atoms with Gasteiger partial charge in [0, 0.05) is 42.8 Å². The van der Waals surface area contributed by atoms with E-state index in [9.17, 15) is 18.3 Å². The molecule has 11 heteroatoms. The number of ether oxygens (including phenoxy) is 2. The van der Waals surface area contributed by atoms with Crippen molar-refractivity contribution in [2.45, 2.75) is 31.7 Å². The third-order valence-corrected chi connectivity index (χ3v) is 7.49. The van der Waals surface area contributed by atoms with E-state index in [0.29, 0.717) is 23.4 Å². The van der Waals surface area contributed by atoms with Gasteiger partial charge in [0.2, 0.25) is 0 Å². The molecule has 3 heterocycles. The SMILES string of the molecule is Oc1c(-c2cc(C(F)(F)F)n[nH]2)ccc(OCc2ccc(Cl)cc2)c1C#CCN1CCC(N2CCOCC2)CC1. The molecule has 0 aliphatic carbocycles. The van der Waals surface area contributed by atoms with E-state index in [1.807, 2.05) is 12.1 Å². The fourth-order valence-corrected chi connectivity index (χ4v) is 5.13. The number of aromatic nitrogens is 2. The van der Waals surface area contributed by atoms with Crippen LogP contribution in [0.25, 0.3) is 11.3 Å². The molecule has 0 unspecified atom stereocenters. The van der Waals surface area contributed by atoms with Crippen LogP contribution in [0.3, 0.4) is 0 Å². The topological polar surface area (TPSA) is 73.9 Å². The minimum atomic E-state index is -4.61. The summed E-state index contributed by atoms with van der Waals surface area (Å²) in [6, 6.07) is 11.6. The average molecular weight is 575 g/mol. The minimum absolute atomic E-state index is 0.0299. The van der Waals surface area contributed by atoms with Crippen LogP contribution in [0, 0.1) is 11.8 Å². The van der Waals surface area contributed by atoms with Gasteiger partial charge in [0.15, 0.2) is 5.69 Å². The number of rotatable bonds is 6. The summed E-state index contributed by atoms with van der Waals surface area (Å²) in [5.41, 5.74) is 0.175. The quantitative estimate of drug-likeness (QED) is 0.395. The van der Waals surface area contributed by atoms with Gasteiger partial charge in [0.05, 0.1) is 25.5 Å². The second-order valence-electron chi connectivity index (χ2n) is 9.87. The molecule has 2 saturated heterocycles. The Hall–Kier alpha value is -3.23. The Labute approximate surface area is 235 Å². The number of halogens is 4. The Balaban J connectivity index is 1.33. The van der Waals surface area contributed by atoms with Crippen molar-refractivity contribution in [3.63, 3.8) is 0 Å². The van der Waals surface area contributed by atoms with E-state index in [2.05, 4.69) is 31.8 Å². The number of nitrogens with one attached hydrogen (secondary N) is 1. The van der Waals surface area contributed by atoms with Crippen LogP contribution < -0.4 is 4.74 Å². The van der Waals surface area contributed by atoms with E-state index in [1.54, 1.807) is 18.2 Å². The first-order chi connectivity index (χ1) is 19.3. The summed E-state index contributed by atoms with van der Waals surface area (Å²) in [5.74, 6) is 6.22. The number of likely N-dealkylation sites (tertiary alicyclic amines) is 1. The van der Waals surface area contributed by atoms with Crippen LogP contribution >= 0.6 is 11.6 Å². The number of morpholine rings is 1. The molecule has 3 aromatic rings. The number of phenols is 1. The number of aromatic amines is 1. The van der Waals surface area contributed by atoms with E-state index in [-0.39, 0.29) is 29.2 Å². The zero-order valence-corrected chi connectivity index (χ0v) is 22.6. The van der Waals surface area contributed by atoms with Crippen LogP contribution in [0.2, 0.25) is 5.02 Å². The van der Waals surface area contributed by atoms with Crippen molar-refractivity contribution >= 4 is 11.6 Å². The van der Waals surface area contributed by atoms with Crippen molar-refractivity contribution in [2.75, 3.05) is 45.9 Å². The number of hydrogen-bond acceptors (Lipinski definition) is 6. The van der Waals surface area contributed by atoms with E-state index in [4.69, 9.17) is 21.1 Å². The molecule has 2 N–H and O–H groups in total. The molecular formula is C29H30ClF3N4O3. The maximum absolute atomic E-state index is 13.1. The van der Waals surface area contributed by atoms with Gasteiger partial charge in [-0.3, -0.25) is 14.9 Å². The van der Waals surface area contributed by atoms with Crippen molar-refractivity contribution < 1.29 is 27.8 Å². The molecule has 2 fully saturated rings. The highest BCUT2D eigenvalue weighted by atomic mass is 35.5. The number of benzene rings is 2. The summed E-state index contributed by atoms with van der Waals surface area (Å²) in [7, 11) is 0. The molecule has 0 saturated carbocycles. The second-order valence-corrected chi connectivity index (χ2v) is 10.3. The molecule has 40 heavy (non-hydrogen) atoms. The molecule has 0 atom stereocenters. The molecule has 0 bridgehead atoms. The van der Waals surface area contributed by atoms with Gasteiger partial charge in [0.25, 0.3) is 0 Å². The van der Waals surface area contributed by atoms with E-state index in [1.165, 1.54) is 6.07 Å². The maximum Gasteiger partial charge on any atom is 0.435 e. The lowest BCUT2D eigenvalue weighted by molar-refractivity contribution is -0.141. The molecule has 2 aromatic carbocycles. The lowest BCUT2D eigenvalue weighted by Gasteiger charge is -2.39. The van der Waals surface area contributed by atoms with Crippen molar-refractivity contribution in [3.05, 3.63) is 64.3 Å². The molecular weight excluding hydrogens is 545 g/mol. The summed E-state index contributed by atoms with van der Waals surface area (Å²) in [4.78, 5) is 4.77. The molecule has 212 valence electrons. The van der Waals surface area contributed by atoms with Crippen molar-refractivity contribution in [2.24, 2.45) is 0 Å². The van der Waals surface area contributed by atoms with Gasteiger partial charge < -0.3 is 14.6 Å². The van der Waals surface area contributed by atoms with Gasteiger partial charge in [-0.15, -0.1) is 0 Å². The number of hydrogen-bond donors (Lipinski definition) is 2. The summed E-state index contributed by atoms with van der Waals surface area (Å²) < 4.78 is 50.8. The molecule has 7 nitrogen and oxygen atoms in total. The van der Waals surface area contributed by atoms with Gasteiger partial charge in [0.1, 0.15) is 23.7 Å². The van der Waals surface area contributed by atoms with Crippen LogP contribution in [0.1, 0.15) is 29.7 Å². The smallest absolute Gasteiger partial charge is 0.435 e. The Bertz CT molecular complexity index is 1350. The fraction of sp³-hybridized carbons (Fsp3) is 0.414. The van der Waals surface area contributed by atoms with Gasteiger partial charge in [-0.1, -0.05) is 35.6 Å². The number of aromatic hydroxyl groups is 1. The number of nitrogens with zero attached hydrogens (tertiary/aromatic N) is 3. The van der Waals surface area contributed by atoms with Gasteiger partial charge >= 0.3 is 6.18 Å². The highest BCUT2D eigenvalue weighted by molar-refractivity contribution is 6.30. The number of alkyl halides is 3. The number of H-pyrrole nitrogens is 1. The monoisotopic (exact) mass is 574 g/mol. The highest BCUT2D eigenvalue weighted by Crippen LogP contribution is 2.38. The molecule has 2 aliphatic rings. The molecule has 0 amide bonds. The van der Waals surface area contributed by atoms with Crippen molar-refractivity contribution in [3.8, 4) is 34.6 Å². The standard InChI is InChI=1S/C29H30ClF3N4O3/c30-21-5-3-20(4-6-21)19-40-26-8-7-23(25-18-27(35-34-25)29(31,32)33)28(38)24(26)2-1-11-36-12-9-22(10-13-36)37-14-16-39-17-15-37/h3-8,18,22,38H,9-17,19H2,(H,34,35). The zero-order chi connectivity index (χ0) is 28.1. The maximum atomic E-state index is 13.1. The third-order valence-electron chi connectivity index (χ3n) is 7.24. The predicted octanol–water partition coefficient (Wildman–Crippen LogP) is 5.18. The summed E-state index contributed by atoms with van der Waals surface area (Å²) in [6.45, 7) is 6.03. The Morgan fingerprint density at radius 1 is 1.07 bits per heavy atom. The lowest BCUT2D eigenvalue weighted by Crippen LogP contribution is -2.49. The summed E-state index contributed by atoms with van der Waals surface area (Å²) in [5, 5.41) is 17.4. The third kappa shape index (κ3) is 6.91. The first-order valence-electron chi connectivity index (χ1n) is 13.2. The lowest BCUT2D eigenvalue weighted by atomic mass is 10.0. The molecule has 2 aliphatic heterocycles. The first-order valence-corrected chi connectivity index (χ1v) is 13.5. The Morgan fingerprint density at radius 2 is 1.80 bits per heavy atom. The first kappa shape index (κ1) is 28.3. The van der Waals surface area contributed by atoms with Crippen molar-refractivity contribution in [1.82, 2.24) is 20.0 Å². The number of phenolic OH excluding ortho intramolecular Hbond substituents is 1. The van der Waals surface area contributed by atoms with Crippen LogP contribution in [0.5, 0.6) is 11.5 Å². The molecule has 0 radical (unpaired) electrons. The van der Waals surface area contributed by atoms with Gasteiger partial charge in [-0.05, 0) is 48.7 Å². The van der Waals surface area contributed by atoms with E-state index >= 15 is 0 Å². The number of piperidine rings is 1. The minimum Gasteiger partial charge on any atom is -0.506 e. The second kappa shape index (κ2) is 12.5. The van der Waals surface area contributed by atoms with Crippen molar-refractivity contribution in [1.29, 1.82) is 0 Å². The predicted molar refractivity (Wildman–Crippen MR) is 145 cm³/mol. The molecule has 5 rings (SSSR count). The van der Waals surface area contributed by atoms with Crippen LogP contribution in [-0.4, -0.2) is 77.1 Å². The van der Waals surface area contributed by atoms with E-state index < -0.39 is 11.9 Å². The fourth-order valence-electron chi connectivity index (χ4n) is 5.00. The largest absolute Gasteiger partial charge is 0.506 e. The Kier molecular flexibility index (Phi) is 8.86. The zero-order valence-electron chi connectivity index (χ0n) is 21.8. The average Bonchev–Trinajstić information content (AvgIpc) is 3.46. The van der Waals surface area contributed by atoms with Gasteiger partial charge in [-0.25, -0.2) is 0 Å². The highest BCUT2D eigenvalue weighted by Gasteiger charge is 2.34. The Morgan fingerprint density at radius 3 is 2.48 bits per heavy atom. The van der Waals surface area contributed by atoms with Crippen LogP contribution in [0.15, 0.2) is 42.5 Å². The normalized spacial score (nSPS) is 17.4. The summed E-state index contributed by atoms with van der Waals surface area (Å²) >= 11 is 5.97. The van der Waals surface area contributed by atoms with Crippen LogP contribution in [0.4, 0.5) is 13.2 Å².